The van der Waals surface area contributed by atoms with Crippen molar-refractivity contribution >= 4 is 23.3 Å². The van der Waals surface area contributed by atoms with Gasteiger partial charge >= 0.3 is 0 Å². The molecule has 0 saturated carbocycles. The Labute approximate surface area is 172 Å². The summed E-state index contributed by atoms with van der Waals surface area (Å²) in [5.41, 5.74) is 2.23. The van der Waals surface area contributed by atoms with Gasteiger partial charge in [0, 0.05) is 18.7 Å². The molecule has 0 unspecified atom stereocenters. The van der Waals surface area contributed by atoms with Crippen LogP contribution >= 0.6 is 11.8 Å². The van der Waals surface area contributed by atoms with Crippen LogP contribution in [-0.4, -0.2) is 76.9 Å². The van der Waals surface area contributed by atoms with Gasteiger partial charge in [0.05, 0.1) is 38.9 Å². The minimum absolute atomic E-state index is 0.0612. The number of carbonyl (C=O) groups excluding carboxylic acids is 1. The lowest BCUT2D eigenvalue weighted by molar-refractivity contribution is -0.132. The number of aromatic nitrogens is 4. The summed E-state index contributed by atoms with van der Waals surface area (Å²) in [5.74, 6) is 1.62. The lowest BCUT2D eigenvalue weighted by Gasteiger charge is -2.26. The Balaban J connectivity index is 1.55. The van der Waals surface area contributed by atoms with E-state index in [0.29, 0.717) is 48.6 Å². The normalized spacial score (nSPS) is 14.2. The number of morpholine rings is 1. The number of benzene rings is 1. The zero-order valence-electron chi connectivity index (χ0n) is 16.2. The molecule has 1 aromatic carbocycles. The Morgan fingerprint density at radius 1 is 1.10 bits per heavy atom. The van der Waals surface area contributed by atoms with Crippen LogP contribution < -0.4 is 9.47 Å². The number of carbonyl (C=O) groups is 1. The number of rotatable bonds is 6. The molecule has 1 amide bonds. The minimum Gasteiger partial charge on any atom is -0.493 e. The van der Waals surface area contributed by atoms with Crippen LogP contribution in [0.25, 0.3) is 16.9 Å². The van der Waals surface area contributed by atoms with Crippen LogP contribution in [-0.2, 0) is 9.53 Å². The monoisotopic (exact) mass is 415 g/mol. The number of thioether (sulfide) groups is 1. The summed E-state index contributed by atoms with van der Waals surface area (Å²) in [6, 6.07) is 9.34. The maximum atomic E-state index is 12.4. The van der Waals surface area contributed by atoms with Crippen molar-refractivity contribution in [2.45, 2.75) is 5.16 Å². The lowest BCUT2D eigenvalue weighted by Crippen LogP contribution is -2.41. The highest BCUT2D eigenvalue weighted by atomic mass is 32.2. The van der Waals surface area contributed by atoms with E-state index < -0.39 is 0 Å². The fourth-order valence-corrected chi connectivity index (χ4v) is 3.83. The fourth-order valence-electron chi connectivity index (χ4n) is 3.04. The molecule has 3 heterocycles. The van der Waals surface area contributed by atoms with E-state index in [4.69, 9.17) is 14.2 Å². The zero-order valence-corrected chi connectivity index (χ0v) is 17.0. The van der Waals surface area contributed by atoms with E-state index in [-0.39, 0.29) is 11.7 Å². The van der Waals surface area contributed by atoms with Gasteiger partial charge in [0.15, 0.2) is 17.1 Å². The van der Waals surface area contributed by atoms with Crippen LogP contribution in [0.3, 0.4) is 0 Å². The van der Waals surface area contributed by atoms with Crippen molar-refractivity contribution in [1.82, 2.24) is 24.7 Å². The summed E-state index contributed by atoms with van der Waals surface area (Å²) in [4.78, 5) is 14.2. The van der Waals surface area contributed by atoms with E-state index in [9.17, 15) is 4.79 Å². The first kappa shape index (κ1) is 19.5. The summed E-state index contributed by atoms with van der Waals surface area (Å²) >= 11 is 1.33. The predicted octanol–water partition coefficient (Wildman–Crippen LogP) is 1.76. The maximum absolute atomic E-state index is 12.4. The van der Waals surface area contributed by atoms with E-state index in [2.05, 4.69) is 15.3 Å². The number of nitrogens with zero attached hydrogens (tertiary/aromatic N) is 5. The topological polar surface area (TPSA) is 91.1 Å². The average Bonchev–Trinajstić information content (AvgIpc) is 3.19. The molecular formula is C19H21N5O4S. The molecule has 0 aliphatic carbocycles. The second kappa shape index (κ2) is 8.66. The van der Waals surface area contributed by atoms with Crippen LogP contribution in [0.1, 0.15) is 0 Å². The van der Waals surface area contributed by atoms with E-state index in [1.807, 2.05) is 35.2 Å². The summed E-state index contributed by atoms with van der Waals surface area (Å²) in [6.07, 6.45) is 0. The van der Waals surface area contributed by atoms with Gasteiger partial charge in [-0.2, -0.15) is 9.61 Å². The quantitative estimate of drug-likeness (QED) is 0.563. The Morgan fingerprint density at radius 2 is 1.90 bits per heavy atom. The highest BCUT2D eigenvalue weighted by Crippen LogP contribution is 2.31. The van der Waals surface area contributed by atoms with E-state index in [0.717, 1.165) is 11.3 Å². The van der Waals surface area contributed by atoms with Gasteiger partial charge in [-0.1, -0.05) is 11.8 Å². The maximum Gasteiger partial charge on any atom is 0.233 e. The molecule has 4 rings (SSSR count). The summed E-state index contributed by atoms with van der Waals surface area (Å²) in [7, 11) is 3.19. The lowest BCUT2D eigenvalue weighted by atomic mass is 10.1. The number of hydrogen-bond acceptors (Lipinski definition) is 8. The van der Waals surface area contributed by atoms with Gasteiger partial charge in [0.1, 0.15) is 0 Å². The average molecular weight is 415 g/mol. The number of methoxy groups -OCH3 is 2. The Hall–Kier alpha value is -2.85. The molecule has 0 N–H and O–H groups in total. The second-order valence-corrected chi connectivity index (χ2v) is 7.27. The number of amides is 1. The van der Waals surface area contributed by atoms with Gasteiger partial charge in [-0.25, -0.2) is 0 Å². The third-order valence-electron chi connectivity index (χ3n) is 4.60. The fraction of sp³-hybridized carbons (Fsp3) is 0.368. The zero-order chi connectivity index (χ0) is 20.2. The van der Waals surface area contributed by atoms with Gasteiger partial charge in [-0.15, -0.1) is 10.2 Å². The SMILES string of the molecule is COc1ccc(-c2ccc3nnc(SCC(=O)N4CCOCC4)n3n2)cc1OC. The van der Waals surface area contributed by atoms with E-state index >= 15 is 0 Å². The first-order valence-electron chi connectivity index (χ1n) is 9.13. The molecule has 10 heteroatoms. The molecule has 152 valence electrons. The van der Waals surface area contributed by atoms with Crippen LogP contribution in [0.15, 0.2) is 35.5 Å². The van der Waals surface area contributed by atoms with Gasteiger partial charge in [-0.05, 0) is 30.3 Å². The number of ether oxygens (including phenoxy) is 3. The molecule has 1 aliphatic heterocycles. The molecule has 1 aliphatic rings. The van der Waals surface area contributed by atoms with Crippen LogP contribution in [0.2, 0.25) is 0 Å². The van der Waals surface area contributed by atoms with Gasteiger partial charge in [-0.3, -0.25) is 4.79 Å². The Morgan fingerprint density at radius 3 is 2.66 bits per heavy atom. The van der Waals surface area contributed by atoms with Crippen molar-refractivity contribution in [1.29, 1.82) is 0 Å². The standard InChI is InChI=1S/C19H21N5O4S/c1-26-15-5-3-13(11-16(15)27-2)14-4-6-17-20-21-19(24(17)22-14)29-12-18(25)23-7-9-28-10-8-23/h3-6,11H,7-10,12H2,1-2H3. The van der Waals surface area contributed by atoms with Crippen molar-refractivity contribution in [3.63, 3.8) is 0 Å². The largest absolute Gasteiger partial charge is 0.493 e. The molecular weight excluding hydrogens is 394 g/mol. The smallest absolute Gasteiger partial charge is 0.233 e. The molecule has 1 fully saturated rings. The van der Waals surface area contributed by atoms with Gasteiger partial charge < -0.3 is 19.1 Å². The van der Waals surface area contributed by atoms with Crippen molar-refractivity contribution in [2.24, 2.45) is 0 Å². The predicted molar refractivity (Wildman–Crippen MR) is 107 cm³/mol. The van der Waals surface area contributed by atoms with Crippen LogP contribution in [0, 0.1) is 0 Å². The molecule has 1 saturated heterocycles. The molecule has 0 radical (unpaired) electrons. The first-order valence-corrected chi connectivity index (χ1v) is 10.1. The van der Waals surface area contributed by atoms with Gasteiger partial charge in [0.25, 0.3) is 0 Å². The van der Waals surface area contributed by atoms with Gasteiger partial charge in [0.2, 0.25) is 11.1 Å². The molecule has 0 spiro atoms. The van der Waals surface area contributed by atoms with Crippen LogP contribution in [0.5, 0.6) is 11.5 Å². The third kappa shape index (κ3) is 4.13. The first-order chi connectivity index (χ1) is 14.2. The number of hydrogen-bond donors (Lipinski definition) is 0. The number of fused-ring (bicyclic) bond motifs is 1. The molecule has 9 nitrogen and oxygen atoms in total. The Kier molecular flexibility index (Phi) is 5.81. The minimum atomic E-state index is 0.0612. The van der Waals surface area contributed by atoms with E-state index in [1.54, 1.807) is 18.7 Å². The summed E-state index contributed by atoms with van der Waals surface area (Å²) in [6.45, 7) is 2.42. The van der Waals surface area contributed by atoms with Crippen molar-refractivity contribution in [3.05, 3.63) is 30.3 Å². The third-order valence-corrected chi connectivity index (χ3v) is 5.51. The molecule has 29 heavy (non-hydrogen) atoms. The van der Waals surface area contributed by atoms with E-state index in [1.165, 1.54) is 11.8 Å². The second-order valence-electron chi connectivity index (χ2n) is 6.32. The summed E-state index contributed by atoms with van der Waals surface area (Å²) in [5, 5.41) is 13.6. The Bertz CT molecular complexity index is 1020. The van der Waals surface area contributed by atoms with Crippen molar-refractivity contribution in [3.8, 4) is 22.8 Å². The van der Waals surface area contributed by atoms with Crippen molar-refractivity contribution in [2.75, 3.05) is 46.3 Å². The van der Waals surface area contributed by atoms with Crippen molar-refractivity contribution < 1.29 is 19.0 Å². The highest BCUT2D eigenvalue weighted by molar-refractivity contribution is 7.99. The molecule has 3 aromatic rings. The summed E-state index contributed by atoms with van der Waals surface area (Å²) < 4.78 is 17.6. The molecule has 0 bridgehead atoms. The highest BCUT2D eigenvalue weighted by Gasteiger charge is 2.18. The molecule has 0 atom stereocenters. The molecule has 2 aromatic heterocycles. The van der Waals surface area contributed by atoms with Crippen LogP contribution in [0.4, 0.5) is 0 Å².